The summed E-state index contributed by atoms with van der Waals surface area (Å²) in [7, 11) is 1.39. The van der Waals surface area contributed by atoms with Crippen molar-refractivity contribution in [2.75, 3.05) is 26.8 Å². The van der Waals surface area contributed by atoms with E-state index in [0.29, 0.717) is 21.6 Å². The normalized spacial score (nSPS) is 21.9. The van der Waals surface area contributed by atoms with Crippen molar-refractivity contribution in [3.63, 3.8) is 0 Å². The van der Waals surface area contributed by atoms with Gasteiger partial charge in [0.25, 0.3) is 5.91 Å². The molecular weight excluding hydrogens is 521 g/mol. The maximum Gasteiger partial charge on any atom is 0.406 e. The first-order valence-corrected chi connectivity index (χ1v) is 12.1. The van der Waals surface area contributed by atoms with Crippen molar-refractivity contribution in [2.45, 2.75) is 30.3 Å². The van der Waals surface area contributed by atoms with Crippen LogP contribution in [0.3, 0.4) is 0 Å². The van der Waals surface area contributed by atoms with Crippen LogP contribution in [0.2, 0.25) is 0 Å². The number of rotatable bonds is 7. The molecule has 0 saturated heterocycles. The van der Waals surface area contributed by atoms with E-state index in [9.17, 15) is 27.9 Å². The predicted octanol–water partition coefficient (Wildman–Crippen LogP) is 2.77. The molecule has 4 unspecified atom stereocenters. The minimum atomic E-state index is -4.84. The van der Waals surface area contributed by atoms with E-state index < -0.39 is 54.5 Å². The van der Waals surface area contributed by atoms with Gasteiger partial charge in [0.15, 0.2) is 17.1 Å². The van der Waals surface area contributed by atoms with Gasteiger partial charge in [0.2, 0.25) is 5.91 Å². The zero-order valence-corrected chi connectivity index (χ0v) is 20.6. The molecule has 4 atom stereocenters. The van der Waals surface area contributed by atoms with Crippen molar-refractivity contribution in [3.05, 3.63) is 71.5 Å². The Morgan fingerprint density at radius 2 is 1.92 bits per heavy atom. The molecule has 206 valence electrons. The van der Waals surface area contributed by atoms with Crippen molar-refractivity contribution in [1.82, 2.24) is 10.2 Å². The number of carbonyl (C=O) groups is 2. The monoisotopic (exact) mass is 546 g/mol. The molecule has 0 radical (unpaired) electrons. The molecule has 1 aliphatic carbocycles. The summed E-state index contributed by atoms with van der Waals surface area (Å²) in [5.74, 6) is -2.35. The quantitative estimate of drug-likeness (QED) is 0.417. The Kier molecular flexibility index (Phi) is 7.00. The van der Waals surface area contributed by atoms with Gasteiger partial charge in [-0.15, -0.1) is 0 Å². The summed E-state index contributed by atoms with van der Waals surface area (Å²) in [4.78, 5) is 27.1. The van der Waals surface area contributed by atoms with Crippen LogP contribution in [0, 0.1) is 0 Å². The number of hydrogen-bond acceptors (Lipinski definition) is 7. The number of nitrogens with one attached hydrogen (secondary N) is 1. The molecule has 9 nitrogen and oxygen atoms in total. The number of hydrogen-bond donors (Lipinski definition) is 3. The lowest BCUT2D eigenvalue weighted by atomic mass is 9.77. The Hall–Kier alpha value is -4.03. The SMILES string of the molecule is COc1cccc2cc(C(=O)N(CC(F)(F)F)C3C=C(C(=O)NCCO)C4c5ccccc5OC4C3O)oc12. The molecule has 1 aromatic heterocycles. The molecule has 3 aromatic rings. The van der Waals surface area contributed by atoms with E-state index >= 15 is 0 Å². The lowest BCUT2D eigenvalue weighted by molar-refractivity contribution is -0.149. The molecule has 2 aliphatic rings. The fraction of sp³-hybridized carbons (Fsp3) is 0.333. The molecule has 5 rings (SSSR count). The Morgan fingerprint density at radius 1 is 1.15 bits per heavy atom. The third-order valence-corrected chi connectivity index (χ3v) is 6.79. The molecule has 0 bridgehead atoms. The van der Waals surface area contributed by atoms with E-state index in [4.69, 9.17) is 19.0 Å². The summed E-state index contributed by atoms with van der Waals surface area (Å²) in [6.07, 6.45) is -6.45. The minimum absolute atomic E-state index is 0.0138. The zero-order valence-electron chi connectivity index (χ0n) is 20.6. The van der Waals surface area contributed by atoms with Crippen molar-refractivity contribution < 1.29 is 46.9 Å². The maximum absolute atomic E-state index is 13.8. The second-order valence-electron chi connectivity index (χ2n) is 9.22. The predicted molar refractivity (Wildman–Crippen MR) is 131 cm³/mol. The number of ether oxygens (including phenoxy) is 2. The first-order valence-electron chi connectivity index (χ1n) is 12.1. The van der Waals surface area contributed by atoms with Gasteiger partial charge in [-0.05, 0) is 24.3 Å². The van der Waals surface area contributed by atoms with Gasteiger partial charge in [0.05, 0.1) is 25.7 Å². The smallest absolute Gasteiger partial charge is 0.406 e. The van der Waals surface area contributed by atoms with E-state index in [1.165, 1.54) is 13.2 Å². The number of fused-ring (bicyclic) bond motifs is 4. The highest BCUT2D eigenvalue weighted by Crippen LogP contribution is 2.47. The fourth-order valence-electron chi connectivity index (χ4n) is 5.14. The third kappa shape index (κ3) is 4.92. The van der Waals surface area contributed by atoms with Crippen LogP contribution in [0.25, 0.3) is 11.0 Å². The van der Waals surface area contributed by atoms with E-state index in [1.54, 1.807) is 42.5 Å². The standard InChI is InChI=1S/C27H25F3N2O7/c1-37-19-8-4-5-14-11-20(39-23(14)19)26(36)32(13-27(28,29)30)17-12-16(25(35)31-9-10-33)21-15-6-2-3-7-18(15)38-24(21)22(17)34/h2-8,11-12,17,21-22,24,33-34H,9-10,13H2,1H3,(H,31,35). The highest BCUT2D eigenvalue weighted by molar-refractivity contribution is 5.99. The largest absolute Gasteiger partial charge is 0.493 e. The van der Waals surface area contributed by atoms with Gasteiger partial charge in [-0.2, -0.15) is 13.2 Å². The third-order valence-electron chi connectivity index (χ3n) is 6.79. The maximum atomic E-state index is 13.8. The zero-order chi connectivity index (χ0) is 27.9. The van der Waals surface area contributed by atoms with Gasteiger partial charge < -0.3 is 34.3 Å². The van der Waals surface area contributed by atoms with Gasteiger partial charge in [0.1, 0.15) is 24.5 Å². The Morgan fingerprint density at radius 3 is 2.64 bits per heavy atom. The van der Waals surface area contributed by atoms with E-state index in [0.717, 1.165) is 6.08 Å². The Labute approximate surface area is 220 Å². The van der Waals surface area contributed by atoms with Gasteiger partial charge in [0, 0.05) is 23.1 Å². The highest BCUT2D eigenvalue weighted by atomic mass is 19.4. The second-order valence-corrected chi connectivity index (χ2v) is 9.22. The number of benzene rings is 2. The van der Waals surface area contributed by atoms with Crippen molar-refractivity contribution in [3.8, 4) is 11.5 Å². The number of aliphatic hydroxyl groups is 2. The average molecular weight is 546 g/mol. The van der Waals surface area contributed by atoms with Crippen molar-refractivity contribution in [2.24, 2.45) is 0 Å². The van der Waals surface area contributed by atoms with Gasteiger partial charge in [-0.3, -0.25) is 9.59 Å². The van der Waals surface area contributed by atoms with Crippen molar-refractivity contribution >= 4 is 22.8 Å². The molecule has 2 amide bonds. The van der Waals surface area contributed by atoms with Crippen LogP contribution in [-0.4, -0.2) is 78.2 Å². The summed E-state index contributed by atoms with van der Waals surface area (Å²) < 4.78 is 58.2. The first-order chi connectivity index (χ1) is 18.6. The fourth-order valence-corrected chi connectivity index (χ4v) is 5.14. The summed E-state index contributed by atoms with van der Waals surface area (Å²) in [6, 6.07) is 11.2. The van der Waals surface area contributed by atoms with Crippen molar-refractivity contribution in [1.29, 1.82) is 0 Å². The molecule has 2 heterocycles. The Bertz CT molecular complexity index is 1430. The number of carbonyl (C=O) groups excluding carboxylic acids is 2. The summed E-state index contributed by atoms with van der Waals surface area (Å²) >= 11 is 0. The van der Waals surface area contributed by atoms with Crippen LogP contribution in [0.15, 0.2) is 64.6 Å². The number of methoxy groups -OCH3 is 1. The molecule has 39 heavy (non-hydrogen) atoms. The van der Waals surface area contributed by atoms with E-state index in [1.807, 2.05) is 0 Å². The molecular formula is C27H25F3N2O7. The second kappa shape index (κ2) is 10.3. The summed E-state index contributed by atoms with van der Waals surface area (Å²) in [5.41, 5.74) is 0.761. The number of alkyl halides is 3. The minimum Gasteiger partial charge on any atom is -0.493 e. The molecule has 0 saturated carbocycles. The number of para-hydroxylation sites is 2. The van der Waals surface area contributed by atoms with Gasteiger partial charge in [-0.25, -0.2) is 0 Å². The molecule has 0 spiro atoms. The van der Waals surface area contributed by atoms with Crippen LogP contribution >= 0.6 is 0 Å². The van der Waals surface area contributed by atoms with E-state index in [2.05, 4.69) is 5.32 Å². The van der Waals surface area contributed by atoms with Gasteiger partial charge >= 0.3 is 6.18 Å². The molecule has 0 fully saturated rings. The number of nitrogens with zero attached hydrogens (tertiary/aromatic N) is 1. The van der Waals surface area contributed by atoms with Crippen LogP contribution in [0.4, 0.5) is 13.2 Å². The van der Waals surface area contributed by atoms with Crippen LogP contribution in [0.5, 0.6) is 11.5 Å². The Balaban J connectivity index is 1.59. The average Bonchev–Trinajstić information content (AvgIpc) is 3.52. The molecule has 12 heteroatoms. The molecule has 2 aromatic carbocycles. The van der Waals surface area contributed by atoms with Crippen LogP contribution in [-0.2, 0) is 4.79 Å². The lowest BCUT2D eigenvalue weighted by Gasteiger charge is -2.40. The van der Waals surface area contributed by atoms with Gasteiger partial charge in [-0.1, -0.05) is 30.3 Å². The highest BCUT2D eigenvalue weighted by Gasteiger charge is 2.52. The topological polar surface area (TPSA) is 121 Å². The number of amides is 2. The molecule has 3 N–H and O–H groups in total. The van der Waals surface area contributed by atoms with E-state index in [-0.39, 0.29) is 30.1 Å². The molecule has 1 aliphatic heterocycles. The first kappa shape index (κ1) is 26.6. The summed E-state index contributed by atoms with van der Waals surface area (Å²) in [6.45, 7) is -2.19. The number of halogens is 3. The lowest BCUT2D eigenvalue weighted by Crippen LogP contribution is -2.57. The van der Waals surface area contributed by atoms with Crippen LogP contribution in [0.1, 0.15) is 22.0 Å². The number of aliphatic hydroxyl groups excluding tert-OH is 2. The number of furan rings is 1. The van der Waals surface area contributed by atoms with Crippen LogP contribution < -0.4 is 14.8 Å². The summed E-state index contributed by atoms with van der Waals surface area (Å²) in [5, 5.41) is 23.4.